The van der Waals surface area contributed by atoms with Gasteiger partial charge in [-0.1, -0.05) is 33.6 Å². The molecular formula is C15H13BrClNOS. The molecule has 0 radical (unpaired) electrons. The van der Waals surface area contributed by atoms with Crippen LogP contribution in [0.15, 0.2) is 57.9 Å². The first-order valence-electron chi connectivity index (χ1n) is 6.03. The summed E-state index contributed by atoms with van der Waals surface area (Å²) in [7, 11) is 0. The summed E-state index contributed by atoms with van der Waals surface area (Å²) in [5.74, 6) is -0.0250. The summed E-state index contributed by atoms with van der Waals surface area (Å²) in [6.07, 6.45) is 0. The molecule has 0 unspecified atom stereocenters. The molecule has 2 nitrogen and oxygen atoms in total. The van der Waals surface area contributed by atoms with Gasteiger partial charge < -0.3 is 5.32 Å². The molecule has 0 saturated heterocycles. The normalized spacial score (nSPS) is 11.9. The van der Waals surface area contributed by atoms with Crippen LogP contribution >= 0.6 is 39.3 Å². The van der Waals surface area contributed by atoms with Crippen LogP contribution in [0.5, 0.6) is 0 Å². The summed E-state index contributed by atoms with van der Waals surface area (Å²) in [5.41, 5.74) is 0.785. The first-order chi connectivity index (χ1) is 9.54. The van der Waals surface area contributed by atoms with E-state index in [1.165, 1.54) is 11.8 Å². The molecule has 0 aromatic heterocycles. The number of thioether (sulfide) groups is 1. The Morgan fingerprint density at radius 1 is 1.25 bits per heavy atom. The van der Waals surface area contributed by atoms with Gasteiger partial charge in [-0.15, -0.1) is 11.8 Å². The Labute approximate surface area is 136 Å². The van der Waals surface area contributed by atoms with Gasteiger partial charge in [0.2, 0.25) is 5.91 Å². The van der Waals surface area contributed by atoms with E-state index in [9.17, 15) is 4.79 Å². The number of hydrogen-bond donors (Lipinski definition) is 1. The van der Waals surface area contributed by atoms with Crippen molar-refractivity contribution < 1.29 is 4.79 Å². The van der Waals surface area contributed by atoms with Gasteiger partial charge in [0.05, 0.1) is 5.25 Å². The van der Waals surface area contributed by atoms with E-state index in [4.69, 9.17) is 11.6 Å². The number of rotatable bonds is 4. The molecule has 20 heavy (non-hydrogen) atoms. The maximum absolute atomic E-state index is 12.1. The lowest BCUT2D eigenvalue weighted by atomic mass is 10.3. The van der Waals surface area contributed by atoms with Gasteiger partial charge in [0.25, 0.3) is 0 Å². The van der Waals surface area contributed by atoms with Gasteiger partial charge in [-0.25, -0.2) is 0 Å². The third kappa shape index (κ3) is 4.54. The first-order valence-corrected chi connectivity index (χ1v) is 8.08. The monoisotopic (exact) mass is 369 g/mol. The van der Waals surface area contributed by atoms with Crippen molar-refractivity contribution in [1.82, 2.24) is 0 Å². The molecular weight excluding hydrogens is 358 g/mol. The highest BCUT2D eigenvalue weighted by molar-refractivity contribution is 9.10. The molecule has 2 rings (SSSR count). The van der Waals surface area contributed by atoms with Crippen LogP contribution in [-0.4, -0.2) is 11.2 Å². The van der Waals surface area contributed by atoms with Crippen LogP contribution in [0, 0.1) is 0 Å². The number of amides is 1. The number of carbonyl (C=O) groups is 1. The average molecular weight is 371 g/mol. The smallest absolute Gasteiger partial charge is 0.237 e. The van der Waals surface area contributed by atoms with E-state index in [1.807, 2.05) is 55.5 Å². The van der Waals surface area contributed by atoms with E-state index in [2.05, 4.69) is 21.2 Å². The van der Waals surface area contributed by atoms with Crippen molar-refractivity contribution in [3.8, 4) is 0 Å². The second kappa shape index (κ2) is 7.16. The second-order valence-electron chi connectivity index (χ2n) is 4.21. The Morgan fingerprint density at radius 2 is 1.95 bits per heavy atom. The van der Waals surface area contributed by atoms with Crippen molar-refractivity contribution in [1.29, 1.82) is 0 Å². The SMILES string of the molecule is C[C@H](Sc1ccc(Cl)cc1)C(=O)Nc1cccc(Br)c1. The number of halogens is 2. The summed E-state index contributed by atoms with van der Waals surface area (Å²) in [4.78, 5) is 13.1. The molecule has 2 aromatic carbocycles. The third-order valence-electron chi connectivity index (χ3n) is 2.59. The fourth-order valence-corrected chi connectivity index (χ4v) is 2.97. The Morgan fingerprint density at radius 3 is 2.60 bits per heavy atom. The van der Waals surface area contributed by atoms with Gasteiger partial charge in [-0.05, 0) is 49.4 Å². The van der Waals surface area contributed by atoms with E-state index in [0.717, 1.165) is 15.1 Å². The standard InChI is InChI=1S/C15H13BrClNOS/c1-10(20-14-7-5-12(17)6-8-14)15(19)18-13-4-2-3-11(16)9-13/h2-10H,1H3,(H,18,19)/t10-/m0/s1. The van der Waals surface area contributed by atoms with Crippen LogP contribution in [0.4, 0.5) is 5.69 Å². The molecule has 1 amide bonds. The predicted molar refractivity (Wildman–Crippen MR) is 89.5 cm³/mol. The Bertz CT molecular complexity index is 603. The number of carbonyl (C=O) groups excluding carboxylic acids is 1. The number of nitrogens with one attached hydrogen (secondary N) is 1. The van der Waals surface area contributed by atoms with E-state index in [1.54, 1.807) is 0 Å². The fourth-order valence-electron chi connectivity index (χ4n) is 1.58. The lowest BCUT2D eigenvalue weighted by molar-refractivity contribution is -0.115. The van der Waals surface area contributed by atoms with Gasteiger partial charge in [0, 0.05) is 20.1 Å². The highest BCUT2D eigenvalue weighted by Gasteiger charge is 2.14. The van der Waals surface area contributed by atoms with Crippen molar-refractivity contribution in [2.45, 2.75) is 17.1 Å². The van der Waals surface area contributed by atoms with E-state index in [0.29, 0.717) is 5.02 Å². The molecule has 0 heterocycles. The zero-order valence-electron chi connectivity index (χ0n) is 10.8. The Hall–Kier alpha value is -0.970. The highest BCUT2D eigenvalue weighted by Crippen LogP contribution is 2.26. The minimum Gasteiger partial charge on any atom is -0.325 e. The molecule has 0 aliphatic rings. The molecule has 5 heteroatoms. The summed E-state index contributed by atoms with van der Waals surface area (Å²) >= 11 is 10.7. The zero-order valence-corrected chi connectivity index (χ0v) is 13.9. The lowest BCUT2D eigenvalue weighted by Gasteiger charge is -2.12. The quantitative estimate of drug-likeness (QED) is 0.747. The molecule has 1 N–H and O–H groups in total. The molecule has 1 atom stereocenters. The van der Waals surface area contributed by atoms with Crippen molar-refractivity contribution in [2.75, 3.05) is 5.32 Å². The van der Waals surface area contributed by atoms with Gasteiger partial charge in [0.15, 0.2) is 0 Å². The van der Waals surface area contributed by atoms with Crippen LogP contribution in [0.3, 0.4) is 0 Å². The summed E-state index contributed by atoms with van der Waals surface area (Å²) in [5, 5.41) is 3.41. The fraction of sp³-hybridized carbons (Fsp3) is 0.133. The minimum atomic E-state index is -0.185. The van der Waals surface area contributed by atoms with E-state index in [-0.39, 0.29) is 11.2 Å². The van der Waals surface area contributed by atoms with E-state index >= 15 is 0 Å². The first kappa shape index (κ1) is 15.4. The minimum absolute atomic E-state index is 0.0250. The summed E-state index contributed by atoms with van der Waals surface area (Å²) < 4.78 is 0.938. The maximum Gasteiger partial charge on any atom is 0.237 e. The molecule has 0 saturated carbocycles. The molecule has 2 aromatic rings. The lowest BCUT2D eigenvalue weighted by Crippen LogP contribution is -2.22. The molecule has 0 aliphatic carbocycles. The number of anilines is 1. The Kier molecular flexibility index (Phi) is 5.52. The number of benzene rings is 2. The van der Waals surface area contributed by atoms with Gasteiger partial charge >= 0.3 is 0 Å². The molecule has 0 bridgehead atoms. The zero-order chi connectivity index (χ0) is 14.5. The topological polar surface area (TPSA) is 29.1 Å². The number of hydrogen-bond acceptors (Lipinski definition) is 2. The van der Waals surface area contributed by atoms with Gasteiger partial charge in [-0.3, -0.25) is 4.79 Å². The maximum atomic E-state index is 12.1. The van der Waals surface area contributed by atoms with E-state index < -0.39 is 0 Å². The summed E-state index contributed by atoms with van der Waals surface area (Å²) in [6, 6.07) is 15.0. The highest BCUT2D eigenvalue weighted by atomic mass is 79.9. The largest absolute Gasteiger partial charge is 0.325 e. The van der Waals surface area contributed by atoms with Crippen LogP contribution in [0.25, 0.3) is 0 Å². The second-order valence-corrected chi connectivity index (χ2v) is 6.98. The van der Waals surface area contributed by atoms with Gasteiger partial charge in [0.1, 0.15) is 0 Å². The van der Waals surface area contributed by atoms with Crippen LogP contribution in [0.2, 0.25) is 5.02 Å². The van der Waals surface area contributed by atoms with Crippen molar-refractivity contribution in [2.24, 2.45) is 0 Å². The Balaban J connectivity index is 1.96. The van der Waals surface area contributed by atoms with Crippen molar-refractivity contribution >= 4 is 50.9 Å². The molecule has 0 fully saturated rings. The van der Waals surface area contributed by atoms with Crippen LogP contribution in [0.1, 0.15) is 6.92 Å². The van der Waals surface area contributed by atoms with Crippen molar-refractivity contribution in [3.05, 3.63) is 58.0 Å². The van der Waals surface area contributed by atoms with Crippen LogP contribution < -0.4 is 5.32 Å². The molecule has 0 aliphatic heterocycles. The van der Waals surface area contributed by atoms with Gasteiger partial charge in [-0.2, -0.15) is 0 Å². The van der Waals surface area contributed by atoms with Crippen LogP contribution in [-0.2, 0) is 4.79 Å². The third-order valence-corrected chi connectivity index (χ3v) is 4.45. The summed E-state index contributed by atoms with van der Waals surface area (Å²) in [6.45, 7) is 1.88. The van der Waals surface area contributed by atoms with Crippen molar-refractivity contribution in [3.63, 3.8) is 0 Å². The predicted octanol–water partition coefficient (Wildman–Crippen LogP) is 5.22. The molecule has 0 spiro atoms. The average Bonchev–Trinajstić information content (AvgIpc) is 2.41. The molecule has 104 valence electrons.